The first-order valence-corrected chi connectivity index (χ1v) is 6.82. The topological polar surface area (TPSA) is 70.1 Å². The molecule has 1 rings (SSSR count). The van der Waals surface area contributed by atoms with Crippen LogP contribution >= 0.6 is 11.6 Å². The van der Waals surface area contributed by atoms with Crippen LogP contribution in [-0.4, -0.2) is 32.8 Å². The van der Waals surface area contributed by atoms with E-state index in [1.807, 2.05) is 13.8 Å². The first kappa shape index (κ1) is 16.0. The maximum Gasteiger partial charge on any atom is 0.224 e. The van der Waals surface area contributed by atoms with Crippen molar-refractivity contribution >= 4 is 23.4 Å². The molecule has 3 N–H and O–H groups in total. The summed E-state index contributed by atoms with van der Waals surface area (Å²) in [4.78, 5) is 8.44. The molecule has 1 heterocycles. The van der Waals surface area contributed by atoms with Crippen LogP contribution in [0.1, 0.15) is 41.0 Å². The zero-order chi connectivity index (χ0) is 14.7. The van der Waals surface area contributed by atoms with Crippen molar-refractivity contribution in [1.82, 2.24) is 9.97 Å². The molecule has 0 atom stereocenters. The molecule has 0 saturated carbocycles. The van der Waals surface area contributed by atoms with E-state index >= 15 is 0 Å². The first-order valence-electron chi connectivity index (χ1n) is 6.44. The average Bonchev–Trinajstić information content (AvgIpc) is 2.28. The summed E-state index contributed by atoms with van der Waals surface area (Å²) in [5, 5.41) is 16.8. The molecule has 0 aliphatic carbocycles. The third-order valence-electron chi connectivity index (χ3n) is 3.24. The van der Waals surface area contributed by atoms with E-state index in [1.54, 1.807) is 20.0 Å². The first-order chi connectivity index (χ1) is 8.67. The molecule has 0 aromatic carbocycles. The van der Waals surface area contributed by atoms with Crippen LogP contribution in [-0.2, 0) is 0 Å². The minimum absolute atomic E-state index is 0.430. The lowest BCUT2D eigenvalue weighted by atomic mass is 9.86. The van der Waals surface area contributed by atoms with Crippen molar-refractivity contribution in [2.75, 3.05) is 17.2 Å². The SMILES string of the molecule is CCCNc1ncc(Cl)c(NC(C)(C)C(C)(C)O)n1. The molecule has 1 aromatic heterocycles. The van der Waals surface area contributed by atoms with Gasteiger partial charge < -0.3 is 15.7 Å². The van der Waals surface area contributed by atoms with Crippen LogP contribution in [0, 0.1) is 0 Å². The summed E-state index contributed by atoms with van der Waals surface area (Å²) in [6, 6.07) is 0. The number of halogens is 1. The Morgan fingerprint density at radius 1 is 1.32 bits per heavy atom. The van der Waals surface area contributed by atoms with E-state index in [-0.39, 0.29) is 0 Å². The lowest BCUT2D eigenvalue weighted by Crippen LogP contribution is -2.51. The average molecular weight is 287 g/mol. The normalized spacial score (nSPS) is 12.4. The molecule has 0 fully saturated rings. The van der Waals surface area contributed by atoms with Gasteiger partial charge in [0.05, 0.1) is 17.3 Å². The summed E-state index contributed by atoms with van der Waals surface area (Å²) in [5.41, 5.74) is -1.49. The smallest absolute Gasteiger partial charge is 0.224 e. The second-order valence-corrected chi connectivity index (χ2v) is 6.03. The number of rotatable bonds is 6. The fourth-order valence-corrected chi connectivity index (χ4v) is 1.36. The minimum atomic E-state index is -0.918. The number of aromatic nitrogens is 2. The van der Waals surface area contributed by atoms with Crippen molar-refractivity contribution in [3.05, 3.63) is 11.2 Å². The Kier molecular flexibility index (Phi) is 4.98. The summed E-state index contributed by atoms with van der Waals surface area (Å²) in [6.45, 7) is 10.1. The van der Waals surface area contributed by atoms with Crippen LogP contribution in [0.2, 0.25) is 5.02 Å². The Bertz CT molecular complexity index is 429. The number of aliphatic hydroxyl groups is 1. The molecule has 0 aliphatic heterocycles. The maximum atomic E-state index is 10.1. The van der Waals surface area contributed by atoms with Crippen LogP contribution in [0.15, 0.2) is 6.20 Å². The van der Waals surface area contributed by atoms with E-state index in [0.29, 0.717) is 16.8 Å². The molecular weight excluding hydrogens is 264 g/mol. The second-order valence-electron chi connectivity index (χ2n) is 5.63. The molecule has 0 radical (unpaired) electrons. The zero-order valence-corrected chi connectivity index (χ0v) is 13.0. The summed E-state index contributed by atoms with van der Waals surface area (Å²) < 4.78 is 0. The number of nitrogens with zero attached hydrogens (tertiary/aromatic N) is 2. The minimum Gasteiger partial charge on any atom is -0.388 e. The third-order valence-corrected chi connectivity index (χ3v) is 3.51. The van der Waals surface area contributed by atoms with Gasteiger partial charge in [0.25, 0.3) is 0 Å². The van der Waals surface area contributed by atoms with Crippen LogP contribution < -0.4 is 10.6 Å². The lowest BCUT2D eigenvalue weighted by molar-refractivity contribution is 0.0239. The van der Waals surface area contributed by atoms with E-state index in [0.717, 1.165) is 13.0 Å². The van der Waals surface area contributed by atoms with Crippen molar-refractivity contribution in [2.24, 2.45) is 0 Å². The molecule has 108 valence electrons. The molecule has 0 spiro atoms. The summed E-state index contributed by atoms with van der Waals surface area (Å²) in [7, 11) is 0. The van der Waals surface area contributed by atoms with Crippen molar-refractivity contribution in [3.63, 3.8) is 0 Å². The molecule has 5 nitrogen and oxygen atoms in total. The molecule has 0 unspecified atom stereocenters. The number of anilines is 2. The lowest BCUT2D eigenvalue weighted by Gasteiger charge is -2.38. The highest BCUT2D eigenvalue weighted by Gasteiger charge is 2.35. The predicted octanol–water partition coefficient (Wildman–Crippen LogP) is 2.91. The molecule has 0 aliphatic rings. The van der Waals surface area contributed by atoms with Crippen LogP contribution in [0.4, 0.5) is 11.8 Å². The third kappa shape index (κ3) is 4.21. The van der Waals surface area contributed by atoms with Crippen molar-refractivity contribution in [1.29, 1.82) is 0 Å². The quantitative estimate of drug-likeness (QED) is 0.750. The molecule has 1 aromatic rings. The highest BCUT2D eigenvalue weighted by Crippen LogP contribution is 2.28. The molecule has 0 bridgehead atoms. The van der Waals surface area contributed by atoms with Crippen LogP contribution in [0.25, 0.3) is 0 Å². The Morgan fingerprint density at radius 3 is 2.47 bits per heavy atom. The van der Waals surface area contributed by atoms with Gasteiger partial charge in [0.1, 0.15) is 5.02 Å². The predicted molar refractivity (Wildman–Crippen MR) is 79.8 cm³/mol. The Morgan fingerprint density at radius 2 is 1.95 bits per heavy atom. The maximum absolute atomic E-state index is 10.1. The van der Waals surface area contributed by atoms with Gasteiger partial charge in [-0.15, -0.1) is 0 Å². The van der Waals surface area contributed by atoms with Crippen molar-refractivity contribution in [2.45, 2.75) is 52.2 Å². The zero-order valence-electron chi connectivity index (χ0n) is 12.2. The number of hydrogen-bond acceptors (Lipinski definition) is 5. The molecule has 0 amide bonds. The highest BCUT2D eigenvalue weighted by atomic mass is 35.5. The van der Waals surface area contributed by atoms with Crippen molar-refractivity contribution < 1.29 is 5.11 Å². The van der Waals surface area contributed by atoms with Gasteiger partial charge in [0, 0.05) is 6.54 Å². The monoisotopic (exact) mass is 286 g/mol. The van der Waals surface area contributed by atoms with E-state index in [2.05, 4.69) is 27.5 Å². The fourth-order valence-electron chi connectivity index (χ4n) is 1.23. The summed E-state index contributed by atoms with van der Waals surface area (Å²) in [5.74, 6) is 1.04. The van der Waals surface area contributed by atoms with E-state index < -0.39 is 11.1 Å². The largest absolute Gasteiger partial charge is 0.388 e. The van der Waals surface area contributed by atoms with E-state index in [9.17, 15) is 5.11 Å². The standard InChI is InChI=1S/C13H23ClN4O/c1-6-7-15-11-16-8-9(14)10(17-11)18-12(2,3)13(4,5)19/h8,19H,6-7H2,1-5H3,(H2,15,16,17,18). The Hall–Kier alpha value is -1.07. The number of nitrogens with one attached hydrogen (secondary N) is 2. The van der Waals surface area contributed by atoms with E-state index in [1.165, 1.54) is 0 Å². The van der Waals surface area contributed by atoms with Gasteiger partial charge in [-0.2, -0.15) is 4.98 Å². The van der Waals surface area contributed by atoms with Gasteiger partial charge in [0.2, 0.25) is 5.95 Å². The van der Waals surface area contributed by atoms with E-state index in [4.69, 9.17) is 11.6 Å². The van der Waals surface area contributed by atoms with Gasteiger partial charge in [0.15, 0.2) is 5.82 Å². The van der Waals surface area contributed by atoms with Crippen molar-refractivity contribution in [3.8, 4) is 0 Å². The molecule has 0 saturated heterocycles. The summed E-state index contributed by atoms with van der Waals surface area (Å²) in [6.07, 6.45) is 2.54. The van der Waals surface area contributed by atoms with Gasteiger partial charge in [-0.25, -0.2) is 4.98 Å². The number of hydrogen-bond donors (Lipinski definition) is 3. The summed E-state index contributed by atoms with van der Waals surface area (Å²) >= 11 is 6.09. The Labute approximate surface area is 119 Å². The molecule has 6 heteroatoms. The van der Waals surface area contributed by atoms with Gasteiger partial charge in [-0.05, 0) is 34.1 Å². The molecular formula is C13H23ClN4O. The fraction of sp³-hybridized carbons (Fsp3) is 0.692. The highest BCUT2D eigenvalue weighted by molar-refractivity contribution is 6.32. The van der Waals surface area contributed by atoms with Gasteiger partial charge in [-0.3, -0.25) is 0 Å². The van der Waals surface area contributed by atoms with Crippen LogP contribution in [0.5, 0.6) is 0 Å². The molecule has 19 heavy (non-hydrogen) atoms. The second kappa shape index (κ2) is 5.92. The van der Waals surface area contributed by atoms with Gasteiger partial charge in [-0.1, -0.05) is 18.5 Å². The van der Waals surface area contributed by atoms with Crippen LogP contribution in [0.3, 0.4) is 0 Å². The van der Waals surface area contributed by atoms with Gasteiger partial charge >= 0.3 is 0 Å². The Balaban J connectivity index is 2.94.